The van der Waals surface area contributed by atoms with Crippen molar-refractivity contribution in [3.63, 3.8) is 0 Å². The Morgan fingerprint density at radius 3 is 2.73 bits per heavy atom. The van der Waals surface area contributed by atoms with E-state index in [0.717, 1.165) is 5.56 Å². The SMILES string of the molecule is Cc1ccc(-[n+]2cc(=O)o[n-]2)cc1Cl.[N]. The first kappa shape index (κ1) is 11.5. The third-order valence-corrected chi connectivity index (χ3v) is 2.27. The maximum Gasteiger partial charge on any atom is 0.389 e. The molecule has 1 heterocycles. The van der Waals surface area contributed by atoms with Crippen LogP contribution >= 0.6 is 11.6 Å². The van der Waals surface area contributed by atoms with Crippen LogP contribution in [0.1, 0.15) is 5.56 Å². The molecule has 2 rings (SSSR count). The van der Waals surface area contributed by atoms with E-state index in [1.54, 1.807) is 6.07 Å². The fraction of sp³-hybridized carbons (Fsp3) is 0.111. The second-order valence-corrected chi connectivity index (χ2v) is 3.31. The van der Waals surface area contributed by atoms with Crippen molar-refractivity contribution in [2.24, 2.45) is 0 Å². The van der Waals surface area contributed by atoms with Crippen molar-refractivity contribution in [2.45, 2.75) is 6.92 Å². The average Bonchev–Trinajstić information content (AvgIpc) is 2.57. The van der Waals surface area contributed by atoms with Crippen LogP contribution in [0.2, 0.25) is 5.02 Å². The van der Waals surface area contributed by atoms with Gasteiger partial charge in [0.2, 0.25) is 5.69 Å². The molecule has 0 fully saturated rings. The Morgan fingerprint density at radius 1 is 1.47 bits per heavy atom. The Morgan fingerprint density at radius 2 is 2.20 bits per heavy atom. The second-order valence-electron chi connectivity index (χ2n) is 2.90. The van der Waals surface area contributed by atoms with E-state index in [1.165, 1.54) is 10.9 Å². The van der Waals surface area contributed by atoms with Gasteiger partial charge in [0.15, 0.2) is 0 Å². The van der Waals surface area contributed by atoms with E-state index in [0.29, 0.717) is 10.7 Å². The third-order valence-electron chi connectivity index (χ3n) is 1.87. The molecule has 1 aromatic carbocycles. The van der Waals surface area contributed by atoms with Gasteiger partial charge in [0.05, 0.1) is 5.02 Å². The summed E-state index contributed by atoms with van der Waals surface area (Å²) in [5.74, 6) is 0. The summed E-state index contributed by atoms with van der Waals surface area (Å²) in [7, 11) is 0. The summed E-state index contributed by atoms with van der Waals surface area (Å²) in [6.45, 7) is 1.90. The van der Waals surface area contributed by atoms with Crippen molar-refractivity contribution in [1.82, 2.24) is 11.4 Å². The summed E-state index contributed by atoms with van der Waals surface area (Å²) < 4.78 is 5.74. The first-order chi connectivity index (χ1) is 6.66. The van der Waals surface area contributed by atoms with Crippen LogP contribution in [-0.4, -0.2) is 0 Å². The fourth-order valence-electron chi connectivity index (χ4n) is 1.08. The lowest BCUT2D eigenvalue weighted by molar-refractivity contribution is -0.676. The van der Waals surface area contributed by atoms with Crippen LogP contribution in [0.3, 0.4) is 0 Å². The molecule has 77 valence electrons. The molecule has 0 saturated heterocycles. The normalized spacial score (nSPS) is 9.73. The summed E-state index contributed by atoms with van der Waals surface area (Å²) in [6.07, 6.45) is 1.25. The molecule has 1 aromatic heterocycles. The molecule has 2 aromatic rings. The molecule has 0 aliphatic rings. The third kappa shape index (κ3) is 2.26. The minimum absolute atomic E-state index is 0. The van der Waals surface area contributed by atoms with Crippen molar-refractivity contribution < 1.29 is 9.20 Å². The van der Waals surface area contributed by atoms with Crippen molar-refractivity contribution in [3.8, 4) is 5.69 Å². The lowest BCUT2D eigenvalue weighted by Crippen LogP contribution is -2.33. The van der Waals surface area contributed by atoms with Gasteiger partial charge in [-0.2, -0.15) is 0 Å². The molecule has 5 nitrogen and oxygen atoms in total. The molecule has 0 spiro atoms. The van der Waals surface area contributed by atoms with E-state index < -0.39 is 5.63 Å². The number of hydrogen-bond acceptors (Lipinski definition) is 2. The Kier molecular flexibility index (Phi) is 3.28. The highest BCUT2D eigenvalue weighted by atomic mass is 35.5. The molecule has 0 N–H and O–H groups in total. The van der Waals surface area contributed by atoms with E-state index in [2.05, 4.69) is 9.79 Å². The number of aromatic nitrogens is 2. The zero-order valence-electron chi connectivity index (χ0n) is 7.85. The van der Waals surface area contributed by atoms with Crippen LogP contribution in [-0.2, 0) is 0 Å². The number of aryl methyl sites for hydroxylation is 1. The van der Waals surface area contributed by atoms with Gasteiger partial charge in [0.25, 0.3) is 6.20 Å². The Balaban J connectivity index is 0.00000112. The largest absolute Gasteiger partial charge is 0.471 e. The zero-order chi connectivity index (χ0) is 10.1. The standard InChI is InChI=1S/C9H7ClN2O2.N/c1-6-2-3-7(4-8(6)10)12-5-9(13)14-11-12;/h2-5H,1H3;. The molecule has 3 radical (unpaired) electrons. The van der Waals surface area contributed by atoms with Gasteiger partial charge in [-0.1, -0.05) is 17.7 Å². The summed E-state index contributed by atoms with van der Waals surface area (Å²) in [6, 6.07) is 5.38. The van der Waals surface area contributed by atoms with Gasteiger partial charge in [-0.05, 0) is 12.5 Å². The van der Waals surface area contributed by atoms with Crippen molar-refractivity contribution in [3.05, 3.63) is 45.4 Å². The molecule has 0 aliphatic heterocycles. The summed E-state index contributed by atoms with van der Waals surface area (Å²) in [4.78, 5) is 10.7. The van der Waals surface area contributed by atoms with Crippen LogP contribution in [0.25, 0.3) is 5.69 Å². The summed E-state index contributed by atoms with van der Waals surface area (Å²) in [5, 5.41) is 4.16. The molecule has 0 saturated carbocycles. The molecule has 0 aliphatic carbocycles. The number of hydrogen-bond donors (Lipinski definition) is 0. The fourth-order valence-corrected chi connectivity index (χ4v) is 1.25. The van der Waals surface area contributed by atoms with Gasteiger partial charge in [-0.3, -0.25) is 0 Å². The number of benzene rings is 1. The lowest BCUT2D eigenvalue weighted by Gasteiger charge is -1.99. The highest BCUT2D eigenvalue weighted by Crippen LogP contribution is 2.15. The summed E-state index contributed by atoms with van der Waals surface area (Å²) >= 11 is 5.92. The van der Waals surface area contributed by atoms with Crippen LogP contribution < -0.4 is 21.7 Å². The maximum atomic E-state index is 10.7. The molecule has 0 unspecified atom stereocenters. The Labute approximate surface area is 90.8 Å². The topological polar surface area (TPSA) is 78.7 Å². The predicted octanol–water partition coefficient (Wildman–Crippen LogP) is 0.355. The van der Waals surface area contributed by atoms with E-state index in [4.69, 9.17) is 11.6 Å². The van der Waals surface area contributed by atoms with E-state index >= 15 is 0 Å². The van der Waals surface area contributed by atoms with Crippen LogP contribution in [0.15, 0.2) is 33.7 Å². The maximum absolute atomic E-state index is 10.7. The lowest BCUT2D eigenvalue weighted by atomic mass is 10.2. The number of nitrogens with zero attached hydrogens (tertiary/aromatic N) is 3. The molecule has 0 atom stereocenters. The molecular weight excluding hydrogens is 218 g/mol. The van der Waals surface area contributed by atoms with Gasteiger partial charge in [-0.15, -0.1) is 0 Å². The zero-order valence-corrected chi connectivity index (χ0v) is 8.60. The molecular formula is C9H7ClN3O2. The van der Waals surface area contributed by atoms with Crippen LogP contribution in [0, 0.1) is 6.92 Å². The predicted molar refractivity (Wildman–Crippen MR) is 51.7 cm³/mol. The smallest absolute Gasteiger partial charge is 0.389 e. The first-order valence-electron chi connectivity index (χ1n) is 3.99. The van der Waals surface area contributed by atoms with Crippen molar-refractivity contribution >= 4 is 11.6 Å². The molecule has 0 bridgehead atoms. The van der Waals surface area contributed by atoms with E-state index in [9.17, 15) is 4.79 Å². The van der Waals surface area contributed by atoms with Gasteiger partial charge < -0.3 is 4.52 Å². The van der Waals surface area contributed by atoms with Gasteiger partial charge in [-0.25, -0.2) is 14.7 Å². The van der Waals surface area contributed by atoms with E-state index in [-0.39, 0.29) is 6.15 Å². The Hall–Kier alpha value is -1.59. The van der Waals surface area contributed by atoms with Crippen LogP contribution in [0.5, 0.6) is 0 Å². The van der Waals surface area contributed by atoms with Crippen molar-refractivity contribution in [2.75, 3.05) is 0 Å². The minimum Gasteiger partial charge on any atom is -0.471 e. The number of halogens is 1. The molecule has 6 heteroatoms. The highest BCUT2D eigenvalue weighted by molar-refractivity contribution is 6.31. The first-order valence-corrected chi connectivity index (χ1v) is 4.37. The highest BCUT2D eigenvalue weighted by Gasteiger charge is 2.05. The number of rotatable bonds is 1. The average molecular weight is 225 g/mol. The van der Waals surface area contributed by atoms with Gasteiger partial charge in [0.1, 0.15) is 0 Å². The minimum atomic E-state index is -0.485. The van der Waals surface area contributed by atoms with Gasteiger partial charge in [0, 0.05) is 18.3 Å². The second kappa shape index (κ2) is 4.29. The van der Waals surface area contributed by atoms with Crippen molar-refractivity contribution in [1.29, 1.82) is 0 Å². The Bertz CT molecular complexity index is 518. The van der Waals surface area contributed by atoms with Crippen LogP contribution in [0.4, 0.5) is 0 Å². The van der Waals surface area contributed by atoms with Gasteiger partial charge >= 0.3 is 5.63 Å². The quantitative estimate of drug-likeness (QED) is 0.656. The molecule has 15 heavy (non-hydrogen) atoms. The van der Waals surface area contributed by atoms with E-state index in [1.807, 2.05) is 19.1 Å². The summed E-state index contributed by atoms with van der Waals surface area (Å²) in [5.41, 5.74) is 1.19. The monoisotopic (exact) mass is 224 g/mol. The molecule has 0 amide bonds.